The van der Waals surface area contributed by atoms with Crippen molar-refractivity contribution in [3.63, 3.8) is 0 Å². The molecule has 0 bridgehead atoms. The van der Waals surface area contributed by atoms with Gasteiger partial charge >= 0.3 is 5.97 Å². The van der Waals surface area contributed by atoms with Crippen LogP contribution in [0.25, 0.3) is 11.3 Å². The number of Topliss-reactive ketones (excluding diaryl/α,β-unsaturated/α-hetero) is 1. The second-order valence-electron chi connectivity index (χ2n) is 6.17. The minimum absolute atomic E-state index is 0.241. The van der Waals surface area contributed by atoms with Gasteiger partial charge in [-0.1, -0.05) is 35.5 Å². The van der Waals surface area contributed by atoms with Gasteiger partial charge in [-0.05, 0) is 26.8 Å². The summed E-state index contributed by atoms with van der Waals surface area (Å²) >= 11 is 0. The summed E-state index contributed by atoms with van der Waals surface area (Å²) in [6.07, 6.45) is 0. The number of aromatic nitrogens is 2. The van der Waals surface area contributed by atoms with E-state index in [0.29, 0.717) is 17.0 Å². The quantitative estimate of drug-likeness (QED) is 0.518. The molecule has 2 heterocycles. The Kier molecular flexibility index (Phi) is 4.75. The molecule has 0 aliphatic carbocycles. The van der Waals surface area contributed by atoms with Crippen LogP contribution in [-0.4, -0.2) is 28.1 Å². The molecule has 6 heteroatoms. The molecule has 0 radical (unpaired) electrons. The Bertz CT molecular complexity index is 967. The van der Waals surface area contributed by atoms with E-state index in [4.69, 9.17) is 9.26 Å². The predicted molar refractivity (Wildman–Crippen MR) is 96.2 cm³/mol. The Balaban J connectivity index is 1.78. The van der Waals surface area contributed by atoms with E-state index in [0.717, 1.165) is 17.0 Å². The van der Waals surface area contributed by atoms with E-state index in [-0.39, 0.29) is 18.0 Å². The van der Waals surface area contributed by atoms with Gasteiger partial charge in [0.25, 0.3) is 0 Å². The highest BCUT2D eigenvalue weighted by Crippen LogP contribution is 2.25. The van der Waals surface area contributed by atoms with Crippen LogP contribution in [0.5, 0.6) is 0 Å². The van der Waals surface area contributed by atoms with Crippen molar-refractivity contribution >= 4 is 11.8 Å². The van der Waals surface area contributed by atoms with Crippen LogP contribution >= 0.6 is 0 Å². The number of carbonyl (C=O) groups is 2. The Hall–Kier alpha value is -3.15. The van der Waals surface area contributed by atoms with Crippen molar-refractivity contribution < 1.29 is 18.8 Å². The van der Waals surface area contributed by atoms with Gasteiger partial charge in [0, 0.05) is 29.6 Å². The first-order valence-electron chi connectivity index (χ1n) is 8.25. The molecule has 0 amide bonds. The Morgan fingerprint density at radius 3 is 2.46 bits per heavy atom. The number of aryl methyl sites for hydroxylation is 2. The summed E-state index contributed by atoms with van der Waals surface area (Å²) in [5.41, 5.74) is 3.77. The van der Waals surface area contributed by atoms with Crippen LogP contribution in [0.15, 0.2) is 40.9 Å². The summed E-state index contributed by atoms with van der Waals surface area (Å²) in [5, 5.41) is 3.96. The summed E-state index contributed by atoms with van der Waals surface area (Å²) in [5.74, 6) is -0.510. The molecule has 3 aromatic rings. The van der Waals surface area contributed by atoms with Crippen molar-refractivity contribution in [3.05, 3.63) is 64.7 Å². The highest BCUT2D eigenvalue weighted by atomic mass is 16.5. The molecule has 0 spiro atoms. The molecule has 1 aromatic carbocycles. The lowest BCUT2D eigenvalue weighted by Crippen LogP contribution is -2.15. The van der Waals surface area contributed by atoms with E-state index in [2.05, 4.69) is 5.16 Å². The van der Waals surface area contributed by atoms with Crippen molar-refractivity contribution in [1.82, 2.24) is 9.72 Å². The lowest BCUT2D eigenvalue weighted by atomic mass is 10.1. The lowest BCUT2D eigenvalue weighted by molar-refractivity contribution is 0.0473. The van der Waals surface area contributed by atoms with Crippen LogP contribution in [0, 0.1) is 20.8 Å². The van der Waals surface area contributed by atoms with Crippen LogP contribution in [0.3, 0.4) is 0 Å². The number of hydrogen-bond donors (Lipinski definition) is 0. The largest absolute Gasteiger partial charge is 0.454 e. The molecule has 134 valence electrons. The molecule has 6 nitrogen and oxygen atoms in total. The van der Waals surface area contributed by atoms with Crippen molar-refractivity contribution in [3.8, 4) is 11.3 Å². The average molecular weight is 352 g/mol. The summed E-state index contributed by atoms with van der Waals surface area (Å²) < 4.78 is 12.3. The monoisotopic (exact) mass is 352 g/mol. The first-order chi connectivity index (χ1) is 12.4. The van der Waals surface area contributed by atoms with E-state index in [1.54, 1.807) is 13.0 Å². The molecule has 0 aliphatic rings. The molecule has 0 atom stereocenters. The number of hydrogen-bond acceptors (Lipinski definition) is 5. The maximum absolute atomic E-state index is 12.5. The third kappa shape index (κ3) is 3.18. The smallest absolute Gasteiger partial charge is 0.344 e. The van der Waals surface area contributed by atoms with E-state index >= 15 is 0 Å². The van der Waals surface area contributed by atoms with Gasteiger partial charge in [-0.3, -0.25) is 4.79 Å². The SMILES string of the molecule is Cc1onc(-c2ccccc2)c1C(=O)OCC(=O)c1cc(C)n(C)c1C. The molecular formula is C20H20N2O4. The van der Waals surface area contributed by atoms with Gasteiger partial charge < -0.3 is 13.8 Å². The first kappa shape index (κ1) is 17.7. The maximum atomic E-state index is 12.5. The molecule has 26 heavy (non-hydrogen) atoms. The third-order valence-electron chi connectivity index (χ3n) is 4.52. The normalized spacial score (nSPS) is 10.8. The van der Waals surface area contributed by atoms with E-state index in [1.165, 1.54) is 0 Å². The number of ketones is 1. The zero-order chi connectivity index (χ0) is 18.8. The fourth-order valence-corrected chi connectivity index (χ4v) is 2.82. The van der Waals surface area contributed by atoms with Crippen LogP contribution in [-0.2, 0) is 11.8 Å². The summed E-state index contributed by atoms with van der Waals surface area (Å²) in [6, 6.07) is 11.0. The zero-order valence-electron chi connectivity index (χ0n) is 15.2. The molecule has 0 saturated carbocycles. The van der Waals surface area contributed by atoms with Gasteiger partial charge in [0.15, 0.2) is 6.61 Å². The molecule has 2 aromatic heterocycles. The Labute approximate surface area is 151 Å². The van der Waals surface area contributed by atoms with Gasteiger partial charge in [-0.15, -0.1) is 0 Å². The van der Waals surface area contributed by atoms with Crippen molar-refractivity contribution in [2.75, 3.05) is 6.61 Å². The maximum Gasteiger partial charge on any atom is 0.344 e. The minimum atomic E-state index is -0.624. The molecule has 3 rings (SSSR count). The standard InChI is InChI=1S/C20H20N2O4/c1-12-10-16(13(2)22(12)4)17(23)11-25-20(24)18-14(3)26-21-19(18)15-8-6-5-7-9-15/h5-10H,11H2,1-4H3. The Morgan fingerprint density at radius 2 is 1.85 bits per heavy atom. The van der Waals surface area contributed by atoms with Crippen LogP contribution < -0.4 is 0 Å². The van der Waals surface area contributed by atoms with Crippen molar-refractivity contribution in [2.24, 2.45) is 7.05 Å². The fourth-order valence-electron chi connectivity index (χ4n) is 2.82. The molecule has 0 fully saturated rings. The molecule has 0 unspecified atom stereocenters. The van der Waals surface area contributed by atoms with Crippen molar-refractivity contribution in [1.29, 1.82) is 0 Å². The fraction of sp³-hybridized carbons (Fsp3) is 0.250. The molecule has 0 N–H and O–H groups in total. The van der Waals surface area contributed by atoms with Crippen LogP contribution in [0.2, 0.25) is 0 Å². The van der Waals surface area contributed by atoms with Gasteiger partial charge in [-0.25, -0.2) is 4.79 Å². The highest BCUT2D eigenvalue weighted by molar-refractivity contribution is 6.02. The minimum Gasteiger partial charge on any atom is -0.454 e. The predicted octanol–water partition coefficient (Wildman–Crippen LogP) is 3.65. The number of benzene rings is 1. The lowest BCUT2D eigenvalue weighted by Gasteiger charge is -2.05. The number of esters is 1. The number of carbonyl (C=O) groups excluding carboxylic acids is 2. The van der Waals surface area contributed by atoms with Gasteiger partial charge in [0.05, 0.1) is 0 Å². The van der Waals surface area contributed by atoms with Gasteiger partial charge in [0.2, 0.25) is 5.78 Å². The second kappa shape index (κ2) is 7.00. The topological polar surface area (TPSA) is 74.3 Å². The Morgan fingerprint density at radius 1 is 1.15 bits per heavy atom. The summed E-state index contributed by atoms with van der Waals surface area (Å²) in [4.78, 5) is 24.9. The second-order valence-corrected chi connectivity index (χ2v) is 6.17. The number of ether oxygens (including phenoxy) is 1. The highest BCUT2D eigenvalue weighted by Gasteiger charge is 2.24. The van der Waals surface area contributed by atoms with Gasteiger partial charge in [0.1, 0.15) is 17.0 Å². The van der Waals surface area contributed by atoms with Gasteiger partial charge in [-0.2, -0.15) is 0 Å². The van der Waals surface area contributed by atoms with Crippen LogP contribution in [0.1, 0.15) is 37.9 Å². The van der Waals surface area contributed by atoms with Crippen LogP contribution in [0.4, 0.5) is 0 Å². The summed E-state index contributed by atoms with van der Waals surface area (Å²) in [6.45, 7) is 5.09. The van der Waals surface area contributed by atoms with Crippen molar-refractivity contribution in [2.45, 2.75) is 20.8 Å². The summed E-state index contributed by atoms with van der Waals surface area (Å²) in [7, 11) is 1.89. The van der Waals surface area contributed by atoms with E-state index in [9.17, 15) is 9.59 Å². The zero-order valence-corrected chi connectivity index (χ0v) is 15.2. The third-order valence-corrected chi connectivity index (χ3v) is 4.52. The number of rotatable bonds is 5. The average Bonchev–Trinajstić information content (AvgIpc) is 3.15. The van der Waals surface area contributed by atoms with E-state index < -0.39 is 5.97 Å². The molecule has 0 aliphatic heterocycles. The molecular weight excluding hydrogens is 332 g/mol. The number of nitrogens with zero attached hydrogens (tertiary/aromatic N) is 2. The molecule has 0 saturated heterocycles. The van der Waals surface area contributed by atoms with E-state index in [1.807, 2.05) is 55.8 Å². The first-order valence-corrected chi connectivity index (χ1v) is 8.25.